The van der Waals surface area contributed by atoms with Crippen LogP contribution in [-0.4, -0.2) is 73.5 Å². The van der Waals surface area contributed by atoms with Crippen LogP contribution in [0.2, 0.25) is 0 Å². The molecule has 0 bridgehead atoms. The number of hydrogen-bond donors (Lipinski definition) is 2. The minimum absolute atomic E-state index is 0.0827. The van der Waals surface area contributed by atoms with Crippen LogP contribution < -0.4 is 10.6 Å². The minimum Gasteiger partial charge on any atom is -0.467 e. The Morgan fingerprint density at radius 3 is 2.41 bits per heavy atom. The highest BCUT2D eigenvalue weighted by Crippen LogP contribution is 2.30. The number of methoxy groups -OCH3 is 1. The Bertz CT molecular complexity index is 869. The van der Waals surface area contributed by atoms with Gasteiger partial charge in [0.15, 0.2) is 0 Å². The third-order valence-corrected chi connectivity index (χ3v) is 7.36. The maximum Gasteiger partial charge on any atom is 0.407 e. The summed E-state index contributed by atoms with van der Waals surface area (Å²) in [5.41, 5.74) is -0.675. The molecule has 10 heteroatoms. The first-order valence-corrected chi connectivity index (χ1v) is 14.0. The second-order valence-electron chi connectivity index (χ2n) is 11.5. The van der Waals surface area contributed by atoms with Crippen LogP contribution >= 0.6 is 0 Å². The normalized spacial score (nSPS) is 23.7. The Morgan fingerprint density at radius 2 is 1.77 bits per heavy atom. The molecule has 1 saturated heterocycles. The van der Waals surface area contributed by atoms with Crippen LogP contribution in [0.1, 0.15) is 78.6 Å². The Morgan fingerprint density at radius 1 is 1.05 bits per heavy atom. The SMILES string of the molecule is C=CCCCCOC(=O)N[C@H](C(=O)N1CC(NC(=O)OC2CCCCC2CC=C)C[C@H]1C(=O)OC)C(C)(C)C. The summed E-state index contributed by atoms with van der Waals surface area (Å²) in [6.45, 7) is 13.2. The van der Waals surface area contributed by atoms with Crippen molar-refractivity contribution in [1.82, 2.24) is 15.5 Å². The van der Waals surface area contributed by atoms with Crippen molar-refractivity contribution in [2.45, 2.75) is 103 Å². The van der Waals surface area contributed by atoms with Gasteiger partial charge in [0, 0.05) is 13.0 Å². The van der Waals surface area contributed by atoms with Crippen LogP contribution in [0.4, 0.5) is 9.59 Å². The first-order valence-electron chi connectivity index (χ1n) is 14.0. The Labute approximate surface area is 232 Å². The Balaban J connectivity index is 2.06. The van der Waals surface area contributed by atoms with Gasteiger partial charge in [-0.3, -0.25) is 4.79 Å². The number of rotatable bonds is 12. The highest BCUT2D eigenvalue weighted by atomic mass is 16.6. The summed E-state index contributed by atoms with van der Waals surface area (Å²) in [6, 6.07) is -2.38. The van der Waals surface area contributed by atoms with Gasteiger partial charge in [0.1, 0.15) is 18.2 Å². The molecule has 2 fully saturated rings. The maximum absolute atomic E-state index is 13.7. The number of esters is 1. The molecule has 1 saturated carbocycles. The molecule has 10 nitrogen and oxygen atoms in total. The summed E-state index contributed by atoms with van der Waals surface area (Å²) < 4.78 is 16.0. The average molecular weight is 550 g/mol. The molecule has 2 N–H and O–H groups in total. The second kappa shape index (κ2) is 15.5. The first kappa shape index (κ1) is 32.2. The van der Waals surface area contributed by atoms with E-state index in [0.717, 1.165) is 44.9 Å². The molecule has 1 aliphatic heterocycles. The third-order valence-electron chi connectivity index (χ3n) is 7.36. The Hall–Kier alpha value is -3.04. The van der Waals surface area contributed by atoms with Gasteiger partial charge in [-0.05, 0) is 56.3 Å². The van der Waals surface area contributed by atoms with Crippen molar-refractivity contribution in [3.63, 3.8) is 0 Å². The fraction of sp³-hybridized carbons (Fsp3) is 0.724. The van der Waals surface area contributed by atoms with E-state index in [1.807, 2.05) is 26.8 Å². The smallest absolute Gasteiger partial charge is 0.407 e. The number of carbonyl (C=O) groups is 4. The zero-order valence-corrected chi connectivity index (χ0v) is 24.0. The number of hydrogen-bond acceptors (Lipinski definition) is 7. The number of likely N-dealkylation sites (tertiary alicyclic amines) is 1. The number of amides is 3. The van der Waals surface area contributed by atoms with E-state index in [9.17, 15) is 19.2 Å². The van der Waals surface area contributed by atoms with Crippen LogP contribution in [-0.2, 0) is 23.8 Å². The predicted molar refractivity (Wildman–Crippen MR) is 148 cm³/mol. The minimum atomic E-state index is -0.960. The molecular weight excluding hydrogens is 502 g/mol. The van der Waals surface area contributed by atoms with Crippen molar-refractivity contribution in [3.05, 3.63) is 25.3 Å². The number of unbranched alkanes of at least 4 members (excludes halogenated alkanes) is 2. The van der Waals surface area contributed by atoms with E-state index in [2.05, 4.69) is 23.8 Å². The molecule has 3 amide bonds. The highest BCUT2D eigenvalue weighted by Gasteiger charge is 2.46. The maximum atomic E-state index is 13.7. The van der Waals surface area contributed by atoms with Crippen LogP contribution in [0.3, 0.4) is 0 Å². The molecule has 0 spiro atoms. The number of allylic oxidation sites excluding steroid dienone is 2. The predicted octanol–water partition coefficient (Wildman–Crippen LogP) is 4.49. The summed E-state index contributed by atoms with van der Waals surface area (Å²) in [6.07, 6.45) is 9.42. The number of carbonyl (C=O) groups excluding carboxylic acids is 4. The van der Waals surface area contributed by atoms with E-state index in [4.69, 9.17) is 14.2 Å². The zero-order chi connectivity index (χ0) is 29.0. The number of nitrogens with one attached hydrogen (secondary N) is 2. The fourth-order valence-electron chi connectivity index (χ4n) is 5.22. The van der Waals surface area contributed by atoms with Gasteiger partial charge >= 0.3 is 18.2 Å². The van der Waals surface area contributed by atoms with E-state index >= 15 is 0 Å². The van der Waals surface area contributed by atoms with Crippen molar-refractivity contribution in [2.24, 2.45) is 11.3 Å². The largest absolute Gasteiger partial charge is 0.467 e. The number of ether oxygens (including phenoxy) is 3. The fourth-order valence-corrected chi connectivity index (χ4v) is 5.22. The topological polar surface area (TPSA) is 123 Å². The zero-order valence-electron chi connectivity index (χ0n) is 24.0. The molecule has 5 atom stereocenters. The van der Waals surface area contributed by atoms with Crippen LogP contribution in [0.15, 0.2) is 25.3 Å². The van der Waals surface area contributed by atoms with E-state index in [0.29, 0.717) is 6.42 Å². The molecule has 3 unspecified atom stereocenters. The van der Waals surface area contributed by atoms with Gasteiger partial charge in [-0.2, -0.15) is 0 Å². The standard InChI is InChI=1S/C29H47N3O7/c1-7-9-10-13-17-38-27(35)31-24(29(3,4)5)25(33)32-19-21(18-22(32)26(34)37-6)30-28(36)39-23-16-12-11-15-20(23)14-8-2/h7-8,20-24H,1-2,9-19H2,3-6H3,(H,30,36)(H,31,35)/t20?,21?,22-,23?,24+/m0/s1. The molecule has 0 radical (unpaired) electrons. The summed E-state index contributed by atoms with van der Waals surface area (Å²) in [4.78, 5) is 53.0. The summed E-state index contributed by atoms with van der Waals surface area (Å²) in [7, 11) is 1.26. The molecule has 0 aromatic carbocycles. The lowest BCUT2D eigenvalue weighted by atomic mass is 9.84. The van der Waals surface area contributed by atoms with Crippen LogP contribution in [0.5, 0.6) is 0 Å². The van der Waals surface area contributed by atoms with Crippen molar-refractivity contribution >= 4 is 24.1 Å². The lowest BCUT2D eigenvalue weighted by Gasteiger charge is -2.34. The lowest BCUT2D eigenvalue weighted by molar-refractivity contribution is -0.152. The van der Waals surface area contributed by atoms with Gasteiger partial charge in [-0.15, -0.1) is 13.2 Å². The van der Waals surface area contributed by atoms with Gasteiger partial charge in [0.2, 0.25) is 5.91 Å². The third kappa shape index (κ3) is 9.89. The highest BCUT2D eigenvalue weighted by molar-refractivity contribution is 5.91. The molecule has 0 aromatic rings. The summed E-state index contributed by atoms with van der Waals surface area (Å²) in [5.74, 6) is -0.791. The molecule has 2 aliphatic rings. The van der Waals surface area contributed by atoms with Gasteiger partial charge in [-0.25, -0.2) is 14.4 Å². The van der Waals surface area contributed by atoms with Crippen LogP contribution in [0, 0.1) is 11.3 Å². The summed E-state index contributed by atoms with van der Waals surface area (Å²) >= 11 is 0. The quantitative estimate of drug-likeness (QED) is 0.159. The van der Waals surface area contributed by atoms with E-state index < -0.39 is 47.6 Å². The van der Waals surface area contributed by atoms with Gasteiger partial charge in [-0.1, -0.05) is 39.3 Å². The van der Waals surface area contributed by atoms with Crippen molar-refractivity contribution < 1.29 is 33.4 Å². The van der Waals surface area contributed by atoms with E-state index in [1.54, 1.807) is 6.08 Å². The van der Waals surface area contributed by atoms with Gasteiger partial charge in [0.25, 0.3) is 0 Å². The molecule has 220 valence electrons. The van der Waals surface area contributed by atoms with Crippen molar-refractivity contribution in [3.8, 4) is 0 Å². The molecule has 39 heavy (non-hydrogen) atoms. The second-order valence-corrected chi connectivity index (χ2v) is 11.5. The van der Waals surface area contributed by atoms with Crippen LogP contribution in [0.25, 0.3) is 0 Å². The first-order chi connectivity index (χ1) is 18.5. The van der Waals surface area contributed by atoms with Gasteiger partial charge < -0.3 is 29.7 Å². The molecule has 1 aliphatic carbocycles. The molecule has 2 rings (SSSR count). The number of alkyl carbamates (subject to hydrolysis) is 2. The summed E-state index contributed by atoms with van der Waals surface area (Å²) in [5, 5.41) is 5.52. The average Bonchev–Trinajstić information content (AvgIpc) is 3.30. The molecule has 1 heterocycles. The lowest BCUT2D eigenvalue weighted by Crippen LogP contribution is -2.57. The van der Waals surface area contributed by atoms with Crippen molar-refractivity contribution in [2.75, 3.05) is 20.3 Å². The monoisotopic (exact) mass is 549 g/mol. The molecular formula is C29H47N3O7. The Kier molecular flexibility index (Phi) is 12.8. The van der Waals surface area contributed by atoms with Crippen molar-refractivity contribution in [1.29, 1.82) is 0 Å². The van der Waals surface area contributed by atoms with Gasteiger partial charge in [0.05, 0.1) is 19.8 Å². The van der Waals surface area contributed by atoms with E-state index in [-0.39, 0.29) is 31.6 Å². The van der Waals surface area contributed by atoms with E-state index in [1.165, 1.54) is 12.0 Å². The molecule has 0 aromatic heterocycles. The number of nitrogens with zero attached hydrogens (tertiary/aromatic N) is 1.